The van der Waals surface area contributed by atoms with E-state index in [0.717, 1.165) is 25.7 Å². The van der Waals surface area contributed by atoms with E-state index in [1.54, 1.807) is 24.3 Å². The van der Waals surface area contributed by atoms with Gasteiger partial charge in [0, 0.05) is 18.1 Å². The number of benzene rings is 1. The van der Waals surface area contributed by atoms with Gasteiger partial charge in [-0.15, -0.1) is 0 Å². The third kappa shape index (κ3) is 2.58. The van der Waals surface area contributed by atoms with Crippen LogP contribution in [0.2, 0.25) is 0 Å². The number of nitrogens with zero attached hydrogens (tertiary/aromatic N) is 1. The van der Waals surface area contributed by atoms with E-state index in [2.05, 4.69) is 10.3 Å². The average Bonchev–Trinajstić information content (AvgIpc) is 3.01. The van der Waals surface area contributed by atoms with Gasteiger partial charge in [0.05, 0.1) is 6.04 Å². The second-order valence-corrected chi connectivity index (χ2v) is 5.83. The number of hydrogen-bond acceptors (Lipinski definition) is 4. The van der Waals surface area contributed by atoms with E-state index in [1.807, 2.05) is 0 Å². The first-order chi connectivity index (χ1) is 10.6. The molecule has 0 saturated heterocycles. The van der Waals surface area contributed by atoms with Gasteiger partial charge in [-0.25, -0.2) is 0 Å². The zero-order chi connectivity index (χ0) is 15.7. The Labute approximate surface area is 128 Å². The Hall–Kier alpha value is -2.30. The van der Waals surface area contributed by atoms with Crippen LogP contribution in [0.25, 0.3) is 0 Å². The van der Waals surface area contributed by atoms with Crippen molar-refractivity contribution in [3.8, 4) is 0 Å². The van der Waals surface area contributed by atoms with Crippen molar-refractivity contribution in [3.05, 3.63) is 35.4 Å². The molecule has 3 rings (SSSR count). The zero-order valence-corrected chi connectivity index (χ0v) is 12.5. The Kier molecular flexibility index (Phi) is 3.88. The predicted octanol–water partition coefficient (Wildman–Crippen LogP) is 1.95. The van der Waals surface area contributed by atoms with Crippen molar-refractivity contribution in [2.45, 2.75) is 44.7 Å². The molecule has 5 heteroatoms. The summed E-state index contributed by atoms with van der Waals surface area (Å²) in [6, 6.07) is 5.83. The highest BCUT2D eigenvalue weighted by Gasteiger charge is 2.39. The maximum atomic E-state index is 12.7. The SMILES string of the molecule is CC(=O)N[C@@H]1C(=O)c2ccccc2C(=O)C1=NC1CCCC1. The standard InChI is InChI=1S/C17H18N2O3/c1-10(20)18-14-15(19-11-6-2-3-7-11)17(22)13-9-5-4-8-12(13)16(14)21/h4-5,8-9,11,14H,2-3,6-7H2,1H3,(H,18,20)/t14-/m0/s1. The van der Waals surface area contributed by atoms with E-state index in [4.69, 9.17) is 0 Å². The number of carbonyl (C=O) groups excluding carboxylic acids is 3. The number of carbonyl (C=O) groups is 3. The van der Waals surface area contributed by atoms with Crippen molar-refractivity contribution >= 4 is 23.2 Å². The molecule has 2 aliphatic carbocycles. The summed E-state index contributed by atoms with van der Waals surface area (Å²) in [6.07, 6.45) is 4.04. The first-order valence-corrected chi connectivity index (χ1v) is 7.60. The minimum atomic E-state index is -0.958. The van der Waals surface area contributed by atoms with Crippen molar-refractivity contribution in [2.75, 3.05) is 0 Å². The molecule has 0 heterocycles. The van der Waals surface area contributed by atoms with Crippen molar-refractivity contribution in [1.29, 1.82) is 0 Å². The molecular weight excluding hydrogens is 280 g/mol. The first kappa shape index (κ1) is 14.6. The van der Waals surface area contributed by atoms with Gasteiger partial charge in [-0.1, -0.05) is 37.1 Å². The summed E-state index contributed by atoms with van der Waals surface area (Å²) in [5.74, 6) is -0.854. The van der Waals surface area contributed by atoms with E-state index < -0.39 is 6.04 Å². The van der Waals surface area contributed by atoms with Crippen LogP contribution in [0.4, 0.5) is 0 Å². The van der Waals surface area contributed by atoms with E-state index in [1.165, 1.54) is 6.92 Å². The molecule has 1 saturated carbocycles. The zero-order valence-electron chi connectivity index (χ0n) is 12.5. The van der Waals surface area contributed by atoms with Gasteiger partial charge in [-0.05, 0) is 12.8 Å². The molecule has 1 atom stereocenters. The average molecular weight is 298 g/mol. The molecule has 0 aliphatic heterocycles. The fourth-order valence-corrected chi connectivity index (χ4v) is 3.15. The molecule has 0 spiro atoms. The van der Waals surface area contributed by atoms with Crippen molar-refractivity contribution in [1.82, 2.24) is 5.32 Å². The largest absolute Gasteiger partial charge is 0.341 e. The summed E-state index contributed by atoms with van der Waals surface area (Å²) >= 11 is 0. The van der Waals surface area contributed by atoms with Crippen LogP contribution < -0.4 is 5.32 Å². The lowest BCUT2D eigenvalue weighted by Crippen LogP contribution is -2.52. The summed E-state index contributed by atoms with van der Waals surface area (Å²) < 4.78 is 0. The lowest BCUT2D eigenvalue weighted by molar-refractivity contribution is -0.119. The molecule has 1 N–H and O–H groups in total. The molecule has 0 bridgehead atoms. The van der Waals surface area contributed by atoms with E-state index >= 15 is 0 Å². The van der Waals surface area contributed by atoms with E-state index in [0.29, 0.717) is 11.1 Å². The second kappa shape index (κ2) is 5.83. The third-order valence-electron chi connectivity index (χ3n) is 4.20. The number of aliphatic imine (C=N–C) groups is 1. The highest BCUT2D eigenvalue weighted by molar-refractivity contribution is 6.55. The van der Waals surface area contributed by atoms with Gasteiger partial charge in [0.25, 0.3) is 0 Å². The normalized spacial score (nSPS) is 23.7. The van der Waals surface area contributed by atoms with Crippen molar-refractivity contribution in [3.63, 3.8) is 0 Å². The minimum absolute atomic E-state index is 0.0771. The van der Waals surface area contributed by atoms with E-state index in [-0.39, 0.29) is 29.2 Å². The van der Waals surface area contributed by atoms with Crippen molar-refractivity contribution in [2.24, 2.45) is 4.99 Å². The number of ketones is 2. The number of Topliss-reactive ketones (excluding diaryl/α,β-unsaturated/α-hetero) is 2. The Bertz CT molecular complexity index is 672. The molecular formula is C17H18N2O3. The first-order valence-electron chi connectivity index (χ1n) is 7.60. The van der Waals surface area contributed by atoms with Gasteiger partial charge < -0.3 is 5.32 Å². The van der Waals surface area contributed by atoms with Crippen LogP contribution in [0.5, 0.6) is 0 Å². The molecule has 1 fully saturated rings. The highest BCUT2D eigenvalue weighted by atomic mass is 16.2. The number of nitrogens with one attached hydrogen (secondary N) is 1. The number of hydrogen-bond donors (Lipinski definition) is 1. The molecule has 114 valence electrons. The highest BCUT2D eigenvalue weighted by Crippen LogP contribution is 2.25. The molecule has 0 unspecified atom stereocenters. The second-order valence-electron chi connectivity index (χ2n) is 5.83. The Balaban J connectivity index is 2.06. The molecule has 22 heavy (non-hydrogen) atoms. The van der Waals surface area contributed by atoms with Crippen LogP contribution in [-0.2, 0) is 4.79 Å². The van der Waals surface area contributed by atoms with Crippen LogP contribution in [0, 0.1) is 0 Å². The van der Waals surface area contributed by atoms with Crippen LogP contribution >= 0.6 is 0 Å². The molecule has 1 aromatic carbocycles. The molecule has 2 aliphatic rings. The van der Waals surface area contributed by atoms with Gasteiger partial charge in [0.2, 0.25) is 11.7 Å². The summed E-state index contributed by atoms with van der Waals surface area (Å²) in [5.41, 5.74) is 0.924. The molecule has 1 amide bonds. The molecule has 0 aromatic heterocycles. The summed E-state index contributed by atoms with van der Waals surface area (Å²) in [7, 11) is 0. The van der Waals surface area contributed by atoms with Crippen LogP contribution in [0.1, 0.15) is 53.3 Å². The fraction of sp³-hybridized carbons (Fsp3) is 0.412. The number of rotatable bonds is 2. The maximum Gasteiger partial charge on any atom is 0.217 e. The monoisotopic (exact) mass is 298 g/mol. The quantitative estimate of drug-likeness (QED) is 0.906. The minimum Gasteiger partial charge on any atom is -0.341 e. The van der Waals surface area contributed by atoms with Gasteiger partial charge in [-0.2, -0.15) is 0 Å². The van der Waals surface area contributed by atoms with Gasteiger partial charge in [-0.3, -0.25) is 19.4 Å². The Morgan fingerprint density at radius 1 is 1.14 bits per heavy atom. The molecule has 1 aromatic rings. The van der Waals surface area contributed by atoms with Gasteiger partial charge in [0.1, 0.15) is 11.8 Å². The number of amides is 1. The Morgan fingerprint density at radius 2 is 1.77 bits per heavy atom. The third-order valence-corrected chi connectivity index (χ3v) is 4.20. The summed E-state index contributed by atoms with van der Waals surface area (Å²) in [5, 5.41) is 2.59. The van der Waals surface area contributed by atoms with Crippen molar-refractivity contribution < 1.29 is 14.4 Å². The van der Waals surface area contributed by atoms with Crippen LogP contribution in [-0.4, -0.2) is 35.3 Å². The van der Waals surface area contributed by atoms with Crippen LogP contribution in [0.3, 0.4) is 0 Å². The lowest BCUT2D eigenvalue weighted by atomic mass is 9.84. The van der Waals surface area contributed by atoms with Gasteiger partial charge >= 0.3 is 0 Å². The smallest absolute Gasteiger partial charge is 0.217 e. The Morgan fingerprint density at radius 3 is 2.41 bits per heavy atom. The lowest BCUT2D eigenvalue weighted by Gasteiger charge is -2.25. The summed E-state index contributed by atoms with van der Waals surface area (Å²) in [6.45, 7) is 1.34. The predicted molar refractivity (Wildman–Crippen MR) is 82.4 cm³/mol. The van der Waals surface area contributed by atoms with Gasteiger partial charge in [0.15, 0.2) is 5.78 Å². The maximum absolute atomic E-state index is 12.7. The molecule has 5 nitrogen and oxygen atoms in total. The summed E-state index contributed by atoms with van der Waals surface area (Å²) in [4.78, 5) is 41.3. The number of fused-ring (bicyclic) bond motifs is 1. The molecule has 0 radical (unpaired) electrons. The van der Waals surface area contributed by atoms with Crippen LogP contribution in [0.15, 0.2) is 29.3 Å². The fourth-order valence-electron chi connectivity index (χ4n) is 3.15. The van der Waals surface area contributed by atoms with E-state index in [9.17, 15) is 14.4 Å². The topological polar surface area (TPSA) is 75.6 Å².